The van der Waals surface area contributed by atoms with E-state index < -0.39 is 11.9 Å². The van der Waals surface area contributed by atoms with E-state index in [-0.39, 0.29) is 11.7 Å². The average Bonchev–Trinajstić information content (AvgIpc) is 2.42. The second kappa shape index (κ2) is 6.85. The van der Waals surface area contributed by atoms with E-state index in [9.17, 15) is 4.39 Å². The topological polar surface area (TPSA) is 60.2 Å². The minimum absolute atomic E-state index is 0.0170. The molecule has 2 rings (SSSR count). The lowest BCUT2D eigenvalue weighted by atomic mass is 10.00. The van der Waals surface area contributed by atoms with Crippen LogP contribution in [0.5, 0.6) is 5.75 Å². The summed E-state index contributed by atoms with van der Waals surface area (Å²) < 4.78 is 19.6. The summed E-state index contributed by atoms with van der Waals surface area (Å²) in [6.45, 7) is 3.83. The van der Waals surface area contributed by atoms with Crippen molar-refractivity contribution < 1.29 is 9.13 Å². The number of hydrogen-bond acceptors (Lipinski definition) is 4. The zero-order valence-electron chi connectivity index (χ0n) is 11.8. The number of halogens is 2. The van der Waals surface area contributed by atoms with Gasteiger partial charge in [0.15, 0.2) is 0 Å². The first-order valence-corrected chi connectivity index (χ1v) is 6.92. The van der Waals surface area contributed by atoms with Gasteiger partial charge in [0, 0.05) is 16.8 Å². The molecule has 1 aromatic heterocycles. The minimum atomic E-state index is -0.609. The van der Waals surface area contributed by atoms with E-state index in [1.165, 1.54) is 6.07 Å². The van der Waals surface area contributed by atoms with Crippen molar-refractivity contribution in [3.63, 3.8) is 0 Å². The molecule has 0 bridgehead atoms. The number of pyridine rings is 1. The average molecular weight is 310 g/mol. The number of hydrogen-bond donors (Lipinski definition) is 2. The molecule has 0 radical (unpaired) electrons. The van der Waals surface area contributed by atoms with Crippen LogP contribution in [0.1, 0.15) is 31.0 Å². The summed E-state index contributed by atoms with van der Waals surface area (Å²) in [6, 6.07) is 5.66. The summed E-state index contributed by atoms with van der Waals surface area (Å²) in [4.78, 5) is 4.11. The third-order valence-electron chi connectivity index (χ3n) is 2.89. The van der Waals surface area contributed by atoms with Crippen molar-refractivity contribution in [1.82, 2.24) is 10.4 Å². The number of nitrogens with one attached hydrogen (secondary N) is 1. The van der Waals surface area contributed by atoms with Crippen LogP contribution in [0.4, 0.5) is 4.39 Å². The van der Waals surface area contributed by atoms with Gasteiger partial charge in [-0.25, -0.2) is 9.82 Å². The Morgan fingerprint density at radius 1 is 1.33 bits per heavy atom. The summed E-state index contributed by atoms with van der Waals surface area (Å²) >= 11 is 6.09. The monoisotopic (exact) mass is 309 g/mol. The normalized spacial score (nSPS) is 12.5. The molecule has 0 saturated heterocycles. The van der Waals surface area contributed by atoms with Crippen molar-refractivity contribution in [3.05, 3.63) is 58.6 Å². The fraction of sp³-hybridized carbons (Fsp3) is 0.267. The van der Waals surface area contributed by atoms with Crippen molar-refractivity contribution in [1.29, 1.82) is 0 Å². The van der Waals surface area contributed by atoms with E-state index in [4.69, 9.17) is 22.2 Å². The molecular formula is C15H17ClFN3O. The predicted molar refractivity (Wildman–Crippen MR) is 80.6 cm³/mol. The van der Waals surface area contributed by atoms with E-state index in [0.717, 1.165) is 0 Å². The molecule has 1 atom stereocenters. The lowest BCUT2D eigenvalue weighted by Crippen LogP contribution is -2.30. The van der Waals surface area contributed by atoms with Gasteiger partial charge in [-0.2, -0.15) is 0 Å². The van der Waals surface area contributed by atoms with E-state index in [1.54, 1.807) is 30.6 Å². The Balaban J connectivity index is 2.42. The SMILES string of the molecule is CC(C)Oc1cncc(C(NN)c2c(F)cccc2Cl)c1. The third kappa shape index (κ3) is 3.69. The molecule has 0 saturated carbocycles. The van der Waals surface area contributed by atoms with Gasteiger partial charge in [-0.15, -0.1) is 0 Å². The smallest absolute Gasteiger partial charge is 0.138 e. The molecule has 0 aliphatic heterocycles. The molecule has 0 aliphatic carbocycles. The van der Waals surface area contributed by atoms with Crippen molar-refractivity contribution in [2.75, 3.05) is 0 Å². The molecule has 1 heterocycles. The fourth-order valence-electron chi connectivity index (χ4n) is 2.06. The molecule has 21 heavy (non-hydrogen) atoms. The molecule has 112 valence electrons. The zero-order chi connectivity index (χ0) is 15.4. The molecular weight excluding hydrogens is 293 g/mol. The standard InChI is InChI=1S/C15H17ClFN3O/c1-9(2)21-11-6-10(7-19-8-11)15(20-18)14-12(16)4-3-5-13(14)17/h3-9,15,20H,18H2,1-2H3. The second-order valence-corrected chi connectivity index (χ2v) is 5.26. The fourth-order valence-corrected chi connectivity index (χ4v) is 2.33. The van der Waals surface area contributed by atoms with Crippen LogP contribution >= 0.6 is 11.6 Å². The van der Waals surface area contributed by atoms with E-state index in [1.807, 2.05) is 13.8 Å². The number of nitrogens with zero attached hydrogens (tertiary/aromatic N) is 1. The number of ether oxygens (including phenoxy) is 1. The van der Waals surface area contributed by atoms with Gasteiger partial charge in [0.1, 0.15) is 11.6 Å². The van der Waals surface area contributed by atoms with Crippen molar-refractivity contribution in [2.45, 2.75) is 26.0 Å². The largest absolute Gasteiger partial charge is 0.489 e. The molecule has 0 spiro atoms. The Morgan fingerprint density at radius 3 is 2.71 bits per heavy atom. The van der Waals surface area contributed by atoms with Crippen LogP contribution in [0.2, 0.25) is 5.02 Å². The molecule has 0 aliphatic rings. The number of benzene rings is 1. The van der Waals surface area contributed by atoms with Crippen LogP contribution < -0.4 is 16.0 Å². The van der Waals surface area contributed by atoms with Crippen LogP contribution in [-0.2, 0) is 0 Å². The second-order valence-electron chi connectivity index (χ2n) is 4.86. The number of hydrazine groups is 1. The van der Waals surface area contributed by atoms with Gasteiger partial charge in [-0.1, -0.05) is 17.7 Å². The molecule has 0 amide bonds. The maximum atomic E-state index is 14.1. The molecule has 3 N–H and O–H groups in total. The highest BCUT2D eigenvalue weighted by Crippen LogP contribution is 2.31. The van der Waals surface area contributed by atoms with E-state index >= 15 is 0 Å². The molecule has 6 heteroatoms. The van der Waals surface area contributed by atoms with Gasteiger partial charge in [0.05, 0.1) is 18.3 Å². The molecule has 2 aromatic rings. The number of aromatic nitrogens is 1. The zero-order valence-corrected chi connectivity index (χ0v) is 12.6. The quantitative estimate of drug-likeness (QED) is 0.657. The lowest BCUT2D eigenvalue weighted by molar-refractivity contribution is 0.241. The van der Waals surface area contributed by atoms with Crippen molar-refractivity contribution >= 4 is 11.6 Å². The highest BCUT2D eigenvalue weighted by molar-refractivity contribution is 6.31. The highest BCUT2D eigenvalue weighted by atomic mass is 35.5. The summed E-state index contributed by atoms with van der Waals surface area (Å²) in [5.74, 6) is 5.74. The maximum Gasteiger partial charge on any atom is 0.138 e. The Labute approximate surface area is 128 Å². The van der Waals surface area contributed by atoms with Crippen LogP contribution in [0.3, 0.4) is 0 Å². The molecule has 1 aromatic carbocycles. The summed E-state index contributed by atoms with van der Waals surface area (Å²) in [5, 5.41) is 0.299. The van der Waals surface area contributed by atoms with Crippen molar-refractivity contribution in [3.8, 4) is 5.75 Å². The first-order valence-electron chi connectivity index (χ1n) is 6.54. The summed E-state index contributed by atoms with van der Waals surface area (Å²) in [6.07, 6.45) is 3.21. The molecule has 1 unspecified atom stereocenters. The lowest BCUT2D eigenvalue weighted by Gasteiger charge is -2.19. The highest BCUT2D eigenvalue weighted by Gasteiger charge is 2.20. The van der Waals surface area contributed by atoms with Gasteiger partial charge >= 0.3 is 0 Å². The molecule has 0 fully saturated rings. The van der Waals surface area contributed by atoms with Crippen molar-refractivity contribution in [2.24, 2.45) is 5.84 Å². The van der Waals surface area contributed by atoms with E-state index in [0.29, 0.717) is 16.3 Å². The Kier molecular flexibility index (Phi) is 5.12. The third-order valence-corrected chi connectivity index (χ3v) is 3.22. The summed E-state index contributed by atoms with van der Waals surface area (Å²) in [7, 11) is 0. The van der Waals surface area contributed by atoms with Crippen LogP contribution in [0, 0.1) is 5.82 Å². The first kappa shape index (κ1) is 15.7. The van der Waals surface area contributed by atoms with Crippen LogP contribution in [0.25, 0.3) is 0 Å². The Hall–Kier alpha value is -1.69. The maximum absolute atomic E-state index is 14.1. The van der Waals surface area contributed by atoms with Crippen LogP contribution in [-0.4, -0.2) is 11.1 Å². The van der Waals surface area contributed by atoms with Gasteiger partial charge in [0.2, 0.25) is 0 Å². The Morgan fingerprint density at radius 2 is 2.10 bits per heavy atom. The first-order chi connectivity index (χ1) is 10.0. The van der Waals surface area contributed by atoms with Gasteiger partial charge in [-0.3, -0.25) is 10.8 Å². The van der Waals surface area contributed by atoms with Gasteiger partial charge < -0.3 is 4.74 Å². The van der Waals surface area contributed by atoms with E-state index in [2.05, 4.69) is 10.4 Å². The number of rotatable bonds is 5. The predicted octanol–water partition coefficient (Wildman–Crippen LogP) is 3.21. The minimum Gasteiger partial charge on any atom is -0.489 e. The summed E-state index contributed by atoms with van der Waals surface area (Å²) in [5.41, 5.74) is 3.53. The Bertz CT molecular complexity index is 601. The number of nitrogens with two attached hydrogens (primary N) is 1. The molecule has 4 nitrogen and oxygen atoms in total. The van der Waals surface area contributed by atoms with Crippen LogP contribution in [0.15, 0.2) is 36.7 Å². The van der Waals surface area contributed by atoms with Gasteiger partial charge in [0.25, 0.3) is 0 Å². The van der Waals surface area contributed by atoms with Gasteiger partial charge in [-0.05, 0) is 37.6 Å².